The van der Waals surface area contributed by atoms with Crippen LogP contribution in [0.2, 0.25) is 0 Å². The van der Waals surface area contributed by atoms with Crippen LogP contribution >= 0.6 is 0 Å². The SMILES string of the molecule is CC(=NNc1nnc(C)n1N)C(C)=NNc1nnc(C)n1N. The Morgan fingerprint density at radius 2 is 1.18 bits per heavy atom. The van der Waals surface area contributed by atoms with Gasteiger partial charge in [0.05, 0.1) is 11.4 Å². The number of hydrogen-bond donors (Lipinski definition) is 4. The molecule has 6 N–H and O–H groups in total. The second kappa shape index (κ2) is 6.07. The van der Waals surface area contributed by atoms with Crippen molar-refractivity contribution in [2.24, 2.45) is 10.2 Å². The summed E-state index contributed by atoms with van der Waals surface area (Å²) < 4.78 is 2.59. The molecule has 118 valence electrons. The molecule has 0 spiro atoms. The van der Waals surface area contributed by atoms with Gasteiger partial charge in [0.2, 0.25) is 0 Å². The third-order valence-electron chi connectivity index (χ3n) is 2.90. The van der Waals surface area contributed by atoms with Crippen LogP contribution in [0.5, 0.6) is 0 Å². The largest absolute Gasteiger partial charge is 0.335 e. The van der Waals surface area contributed by atoms with Gasteiger partial charge in [-0.1, -0.05) is 0 Å². The van der Waals surface area contributed by atoms with Crippen LogP contribution in [-0.2, 0) is 0 Å². The minimum atomic E-state index is 0.329. The van der Waals surface area contributed by atoms with E-state index in [1.807, 2.05) is 0 Å². The summed E-state index contributed by atoms with van der Waals surface area (Å²) in [5, 5.41) is 23.5. The molecule has 12 nitrogen and oxygen atoms in total. The summed E-state index contributed by atoms with van der Waals surface area (Å²) in [6.07, 6.45) is 0. The quantitative estimate of drug-likeness (QED) is 0.316. The predicted molar refractivity (Wildman–Crippen MR) is 83.3 cm³/mol. The molecule has 12 heteroatoms. The van der Waals surface area contributed by atoms with Gasteiger partial charge >= 0.3 is 0 Å². The minimum Gasteiger partial charge on any atom is -0.335 e. The highest BCUT2D eigenvalue weighted by Gasteiger charge is 2.06. The van der Waals surface area contributed by atoms with Crippen LogP contribution in [0.4, 0.5) is 11.9 Å². The number of aryl methyl sites for hydroxylation is 2. The third kappa shape index (κ3) is 3.11. The number of nitrogens with zero attached hydrogens (tertiary/aromatic N) is 8. The molecule has 2 aromatic heterocycles. The van der Waals surface area contributed by atoms with Crippen LogP contribution in [0.15, 0.2) is 10.2 Å². The Kier molecular flexibility index (Phi) is 4.20. The number of hydrazone groups is 2. The summed E-state index contributed by atoms with van der Waals surface area (Å²) >= 11 is 0. The van der Waals surface area contributed by atoms with Crippen LogP contribution in [0.1, 0.15) is 25.5 Å². The molecule has 0 fully saturated rings. The molecule has 22 heavy (non-hydrogen) atoms. The molecule has 2 heterocycles. The van der Waals surface area contributed by atoms with Crippen LogP contribution in [0, 0.1) is 13.8 Å². The normalized spacial score (nSPS) is 12.5. The van der Waals surface area contributed by atoms with Crippen molar-refractivity contribution in [1.82, 2.24) is 29.7 Å². The Labute approximate surface area is 126 Å². The molecule has 0 unspecified atom stereocenters. The predicted octanol–water partition coefficient (Wildman–Crippen LogP) is -0.810. The van der Waals surface area contributed by atoms with Gasteiger partial charge in [0.15, 0.2) is 11.6 Å². The standard InChI is InChI=1S/C10H18N12/c1-5(13-17-9-19-15-7(3)21(9)11)6(2)14-18-10-20-16-8(4)22(10)12/h11-12H2,1-4H3,(H,17,19)(H,18,20). The highest BCUT2D eigenvalue weighted by atomic mass is 15.5. The van der Waals surface area contributed by atoms with E-state index in [0.717, 1.165) is 0 Å². The van der Waals surface area contributed by atoms with Gasteiger partial charge in [0.1, 0.15) is 0 Å². The van der Waals surface area contributed by atoms with E-state index in [0.29, 0.717) is 35.0 Å². The van der Waals surface area contributed by atoms with Crippen molar-refractivity contribution in [2.45, 2.75) is 27.7 Å². The third-order valence-corrected chi connectivity index (χ3v) is 2.90. The molecule has 0 aliphatic rings. The van der Waals surface area contributed by atoms with Gasteiger partial charge in [-0.3, -0.25) is 0 Å². The van der Waals surface area contributed by atoms with E-state index in [-0.39, 0.29) is 0 Å². The number of rotatable bonds is 5. The molecule has 0 aromatic carbocycles. The summed E-state index contributed by atoms with van der Waals surface area (Å²) in [4.78, 5) is 0. The van der Waals surface area contributed by atoms with Crippen LogP contribution < -0.4 is 22.5 Å². The first-order valence-electron chi connectivity index (χ1n) is 6.35. The maximum absolute atomic E-state index is 5.70. The lowest BCUT2D eigenvalue weighted by atomic mass is 10.3. The number of nitrogens with one attached hydrogen (secondary N) is 2. The van der Waals surface area contributed by atoms with E-state index in [1.54, 1.807) is 27.7 Å². The van der Waals surface area contributed by atoms with Gasteiger partial charge < -0.3 is 11.7 Å². The summed E-state index contributed by atoms with van der Waals surface area (Å²) in [6.45, 7) is 7.01. The number of aromatic nitrogens is 6. The average Bonchev–Trinajstić information content (AvgIpc) is 2.99. The van der Waals surface area contributed by atoms with E-state index in [2.05, 4.69) is 41.4 Å². The fraction of sp³-hybridized carbons (Fsp3) is 0.400. The second-order valence-corrected chi connectivity index (χ2v) is 4.50. The molecular weight excluding hydrogens is 288 g/mol. The number of nitrogens with two attached hydrogens (primary N) is 2. The summed E-state index contributed by atoms with van der Waals surface area (Å²) in [6, 6.07) is 0. The molecule has 2 rings (SSSR count). The van der Waals surface area contributed by atoms with Gasteiger partial charge in [-0.05, 0) is 27.7 Å². The van der Waals surface area contributed by atoms with Crippen LogP contribution in [-0.4, -0.2) is 41.2 Å². The molecule has 0 radical (unpaired) electrons. The van der Waals surface area contributed by atoms with Crippen molar-refractivity contribution in [3.63, 3.8) is 0 Å². The van der Waals surface area contributed by atoms with Crippen molar-refractivity contribution in [1.29, 1.82) is 0 Å². The lowest BCUT2D eigenvalue weighted by Crippen LogP contribution is -2.17. The van der Waals surface area contributed by atoms with E-state index < -0.39 is 0 Å². The molecule has 0 amide bonds. The molecule has 0 bridgehead atoms. The van der Waals surface area contributed by atoms with E-state index in [1.165, 1.54) is 9.35 Å². The van der Waals surface area contributed by atoms with E-state index in [4.69, 9.17) is 11.7 Å². The monoisotopic (exact) mass is 306 g/mol. The second-order valence-electron chi connectivity index (χ2n) is 4.50. The zero-order valence-corrected chi connectivity index (χ0v) is 12.7. The summed E-state index contributed by atoms with van der Waals surface area (Å²) in [5.41, 5.74) is 6.66. The van der Waals surface area contributed by atoms with E-state index in [9.17, 15) is 0 Å². The summed E-state index contributed by atoms with van der Waals surface area (Å²) in [7, 11) is 0. The maximum atomic E-state index is 5.70. The average molecular weight is 306 g/mol. The topological polar surface area (TPSA) is 162 Å². The number of nitrogen functional groups attached to an aromatic ring is 2. The first kappa shape index (κ1) is 15.2. The van der Waals surface area contributed by atoms with Gasteiger partial charge in [0.25, 0.3) is 11.9 Å². The molecule has 0 atom stereocenters. The molecular formula is C10H18N12. The first-order chi connectivity index (χ1) is 10.4. The van der Waals surface area contributed by atoms with Gasteiger partial charge in [0, 0.05) is 0 Å². The first-order valence-corrected chi connectivity index (χ1v) is 6.35. The Morgan fingerprint density at radius 1 is 0.818 bits per heavy atom. The number of anilines is 2. The van der Waals surface area contributed by atoms with Crippen molar-refractivity contribution in [3.8, 4) is 0 Å². The molecule has 2 aromatic rings. The molecule has 0 saturated heterocycles. The smallest absolute Gasteiger partial charge is 0.263 e. The van der Waals surface area contributed by atoms with Crippen LogP contribution in [0.25, 0.3) is 0 Å². The van der Waals surface area contributed by atoms with Crippen molar-refractivity contribution in [3.05, 3.63) is 11.6 Å². The fourth-order valence-corrected chi connectivity index (χ4v) is 1.32. The van der Waals surface area contributed by atoms with Gasteiger partial charge in [-0.2, -0.15) is 10.2 Å². The zero-order chi connectivity index (χ0) is 16.3. The molecule has 0 aliphatic carbocycles. The van der Waals surface area contributed by atoms with Crippen molar-refractivity contribution in [2.75, 3.05) is 22.5 Å². The molecule has 0 aliphatic heterocycles. The van der Waals surface area contributed by atoms with Crippen molar-refractivity contribution >= 4 is 23.3 Å². The summed E-state index contributed by atoms with van der Waals surface area (Å²) in [5.74, 6) is 13.2. The lowest BCUT2D eigenvalue weighted by molar-refractivity contribution is 0.925. The maximum Gasteiger partial charge on any atom is 0.263 e. The lowest BCUT2D eigenvalue weighted by Gasteiger charge is -2.04. The Balaban J connectivity index is 2.03. The van der Waals surface area contributed by atoms with Gasteiger partial charge in [-0.25, -0.2) is 20.2 Å². The zero-order valence-electron chi connectivity index (χ0n) is 12.7. The van der Waals surface area contributed by atoms with Gasteiger partial charge in [-0.15, -0.1) is 20.4 Å². The fourth-order valence-electron chi connectivity index (χ4n) is 1.32. The molecule has 0 saturated carbocycles. The van der Waals surface area contributed by atoms with Crippen molar-refractivity contribution < 1.29 is 0 Å². The highest BCUT2D eigenvalue weighted by molar-refractivity contribution is 6.40. The number of hydrogen-bond acceptors (Lipinski definition) is 10. The minimum absolute atomic E-state index is 0.329. The Morgan fingerprint density at radius 3 is 1.45 bits per heavy atom. The highest BCUT2D eigenvalue weighted by Crippen LogP contribution is 2.02. The Hall–Kier alpha value is -3.18. The Bertz CT molecular complexity index is 658. The van der Waals surface area contributed by atoms with E-state index >= 15 is 0 Å². The van der Waals surface area contributed by atoms with Crippen LogP contribution in [0.3, 0.4) is 0 Å².